The molecule has 0 spiro atoms. The molecule has 2 atom stereocenters. The van der Waals surface area contributed by atoms with E-state index in [0.717, 1.165) is 7.28 Å². The van der Waals surface area contributed by atoms with Gasteiger partial charge in [0.25, 0.3) is 0 Å². The van der Waals surface area contributed by atoms with Crippen molar-refractivity contribution in [1.29, 1.82) is 0 Å². The molecule has 9 aromatic rings. The lowest BCUT2D eigenvalue weighted by Gasteiger charge is -2.35. The highest BCUT2D eigenvalue weighted by Crippen LogP contribution is 2.39. The lowest BCUT2D eigenvalue weighted by atomic mass is 9.49. The molecule has 0 amide bonds. The van der Waals surface area contributed by atoms with Crippen LogP contribution >= 0.6 is 0 Å². The van der Waals surface area contributed by atoms with Gasteiger partial charge in [-0.1, -0.05) is 121 Å². The third-order valence-corrected chi connectivity index (χ3v) is 24.5. The largest absolute Gasteiger partial charge is 0.192 e. The Morgan fingerprint density at radius 1 is 0.173 bits per heavy atom. The average Bonchev–Trinajstić information content (AvgIpc) is 1.87. The summed E-state index contributed by atoms with van der Waals surface area (Å²) in [5.74, 6) is 0.740. The summed E-state index contributed by atoms with van der Waals surface area (Å²) in [4.78, 5) is 0. The fourth-order valence-corrected chi connectivity index (χ4v) is 17.5. The van der Waals surface area contributed by atoms with Gasteiger partial charge in [-0.05, 0) is 98.0 Å². The van der Waals surface area contributed by atoms with Gasteiger partial charge < -0.3 is 0 Å². The van der Waals surface area contributed by atoms with E-state index in [-0.39, 0.29) is 0 Å². The molecular formula is C50H63B31. The van der Waals surface area contributed by atoms with E-state index in [1.807, 2.05) is 0 Å². The van der Waals surface area contributed by atoms with Crippen LogP contribution in [0.1, 0.15) is 0 Å². The predicted octanol–water partition coefficient (Wildman–Crippen LogP) is -39.3. The molecule has 9 aromatic carbocycles. The highest BCUT2D eigenvalue weighted by molar-refractivity contribution is 6.86. The minimum absolute atomic E-state index is 0.367. The number of benzene rings is 9. The first kappa shape index (κ1) is 58.5. The van der Waals surface area contributed by atoms with Crippen molar-refractivity contribution in [2.45, 2.75) is 11.6 Å². The van der Waals surface area contributed by atoms with Gasteiger partial charge in [0.05, 0.1) is 0 Å². The van der Waals surface area contributed by atoms with Crippen molar-refractivity contribution in [2.75, 3.05) is 0 Å². The molecule has 31 heteroatoms. The summed E-state index contributed by atoms with van der Waals surface area (Å²) in [6, 6.07) is 0. The Morgan fingerprint density at radius 2 is 0.395 bits per heavy atom. The molecule has 1 aliphatic carbocycles. The van der Waals surface area contributed by atoms with Crippen LogP contribution in [-0.2, 0) is 0 Å². The quantitative estimate of drug-likeness (QED) is 0.155. The van der Waals surface area contributed by atoms with E-state index in [2.05, 4.69) is 235 Å². The molecule has 0 saturated heterocycles. The summed E-state index contributed by atoms with van der Waals surface area (Å²) in [5, 5.41) is 14.6. The van der Waals surface area contributed by atoms with Crippen LogP contribution in [0.5, 0.6) is 0 Å². The van der Waals surface area contributed by atoms with Crippen LogP contribution in [0.15, 0.2) is 0 Å². The Hall–Kier alpha value is -4.23. The smallest absolute Gasteiger partial charge is 0.107 e. The zero-order valence-electron chi connectivity index (χ0n) is 55.9. The molecule has 0 radical (unpaired) electrons. The van der Waals surface area contributed by atoms with Crippen molar-refractivity contribution in [2.24, 2.45) is 0 Å². The molecule has 0 bridgehead atoms. The Labute approximate surface area is 512 Å². The number of hydrogen-bond donors (Lipinski definition) is 0. The van der Waals surface area contributed by atoms with E-state index in [4.69, 9.17) is 0 Å². The van der Waals surface area contributed by atoms with Crippen LogP contribution in [0.25, 0.3) is 98.5 Å². The second-order valence-corrected chi connectivity index (χ2v) is 27.1. The Morgan fingerprint density at radius 3 is 0.778 bits per heavy atom. The monoisotopic (exact) mass is 1000 g/mol. The van der Waals surface area contributed by atoms with Gasteiger partial charge in [-0.3, -0.25) is 0 Å². The molecule has 0 nitrogen and oxygen atoms in total. The third-order valence-electron chi connectivity index (χ3n) is 24.5. The van der Waals surface area contributed by atoms with Crippen LogP contribution in [0, 0.1) is 0 Å². The predicted molar refractivity (Wildman–Crippen MR) is 465 cm³/mol. The molecule has 11 rings (SSSR count). The molecule has 1 heterocycles. The van der Waals surface area contributed by atoms with Crippen LogP contribution in [0.2, 0.25) is 11.6 Å². The first-order valence-electron chi connectivity index (χ1n) is 30.8. The van der Waals surface area contributed by atoms with Crippen molar-refractivity contribution in [3.63, 3.8) is 0 Å². The van der Waals surface area contributed by atoms with Gasteiger partial charge in [0.2, 0.25) is 0 Å². The fourth-order valence-electron chi connectivity index (χ4n) is 17.5. The molecular weight excluding hydrogens is 936 g/mol. The van der Waals surface area contributed by atoms with Gasteiger partial charge in [-0.15, -0.1) is 54.6 Å². The molecule has 356 valence electrons. The average molecular weight is 999 g/mol. The van der Waals surface area contributed by atoms with Crippen molar-refractivity contribution >= 4 is 450 Å². The minimum atomic E-state index is 0.367. The van der Waals surface area contributed by atoms with Gasteiger partial charge in [0.15, 0.2) is 7.28 Å². The van der Waals surface area contributed by atoms with Crippen LogP contribution in [0.3, 0.4) is 0 Å². The Kier molecular flexibility index (Phi) is 14.2. The maximum atomic E-state index is 2.52. The fraction of sp³-hybridized carbons (Fsp3) is 0.0400. The van der Waals surface area contributed by atoms with Crippen molar-refractivity contribution in [1.82, 2.24) is 0 Å². The van der Waals surface area contributed by atoms with Crippen LogP contribution in [-0.4, -0.2) is 243 Å². The molecule has 81 heavy (non-hydrogen) atoms. The summed E-state index contributed by atoms with van der Waals surface area (Å²) in [6.07, 6.45) is 0. The standard InChI is InChI=1S/C50H63B31/c51-19-12(30(62)31(63)15-13(19)32(64)44(76)46(78)34(15)66)10-9-8(28(60)42(74)43(75)29(9)61)5(22(54)23(10)55)1-3-6(26(58)40(72)38(70)24(3)56)2(7-4(1)25(57)39(71)41(73)27(7)59)11-20(52)18-17-21(53)14-16(35(67)47(79)45(77)33(14)65)37(69)49(17)81-50(18)48(80)36(11)68/h38,40,81H,51-80H2. The van der Waals surface area contributed by atoms with Crippen molar-refractivity contribution in [3.05, 3.63) is 10.4 Å². The molecule has 0 N–H and O–H groups in total. The van der Waals surface area contributed by atoms with Crippen LogP contribution in [0.4, 0.5) is 0 Å². The third kappa shape index (κ3) is 7.42. The SMILES string of the molecule is BC1=c2c(-c3c(B)c(B)c4c(c3B)-c3c(c(B)c5c(B)c(B)c(B)c(B)c5c3B)B4)c3c(B)c(B)c(B)c(B)c3c(-c3c(B)c(B)c(-c4c(B)c(B)c5c(B)c(B)c(B)c(B)c5c4B)c4c(B)c(B)c(B)c(B)c34)c2=C(B)C(B)C1B. The highest BCUT2D eigenvalue weighted by atomic mass is 14.3. The summed E-state index contributed by atoms with van der Waals surface area (Å²) in [5.41, 5.74) is 54.8. The number of hydrogen-bond acceptors (Lipinski definition) is 0. The van der Waals surface area contributed by atoms with Crippen LogP contribution < -0.4 is 163 Å². The van der Waals surface area contributed by atoms with Gasteiger partial charge >= 0.3 is 0 Å². The van der Waals surface area contributed by atoms with Gasteiger partial charge in [0.1, 0.15) is 235 Å². The normalized spacial score (nSPS) is 14.7. The molecule has 0 saturated carbocycles. The molecule has 2 unspecified atom stereocenters. The van der Waals surface area contributed by atoms with E-state index >= 15 is 0 Å². The summed E-state index contributed by atoms with van der Waals surface area (Å²) in [7, 11) is 74.0. The van der Waals surface area contributed by atoms with Crippen molar-refractivity contribution < 1.29 is 0 Å². The second kappa shape index (κ2) is 19.7. The first-order valence-corrected chi connectivity index (χ1v) is 30.8. The maximum Gasteiger partial charge on any atom is 0.192 e. The molecule has 0 fully saturated rings. The zero-order valence-corrected chi connectivity index (χ0v) is 55.9. The molecule has 0 aromatic heterocycles. The van der Waals surface area contributed by atoms with Crippen molar-refractivity contribution in [3.8, 4) is 44.5 Å². The highest BCUT2D eigenvalue weighted by Gasteiger charge is 2.36. The van der Waals surface area contributed by atoms with Gasteiger partial charge in [-0.2, -0.15) is 0 Å². The van der Waals surface area contributed by atoms with E-state index in [1.165, 1.54) is 262 Å². The maximum absolute atomic E-state index is 2.52. The Balaban J connectivity index is 1.40. The first-order chi connectivity index (χ1) is 37.8. The lowest BCUT2D eigenvalue weighted by Crippen LogP contribution is -2.53. The lowest BCUT2D eigenvalue weighted by molar-refractivity contribution is 1.08. The zero-order chi connectivity index (χ0) is 59.6. The molecule has 1 aliphatic heterocycles. The van der Waals surface area contributed by atoms with E-state index in [0.29, 0.717) is 11.6 Å². The van der Waals surface area contributed by atoms with E-state index < -0.39 is 0 Å². The van der Waals surface area contributed by atoms with Gasteiger partial charge in [-0.25, -0.2) is 0 Å². The van der Waals surface area contributed by atoms with Gasteiger partial charge in [0, 0.05) is 0 Å². The summed E-state index contributed by atoms with van der Waals surface area (Å²) in [6.45, 7) is 0. The topological polar surface area (TPSA) is 0 Å². The number of rotatable bonds is 3. The summed E-state index contributed by atoms with van der Waals surface area (Å²) < 4.78 is 0. The second-order valence-electron chi connectivity index (χ2n) is 27.1. The van der Waals surface area contributed by atoms with E-state index in [9.17, 15) is 0 Å². The summed E-state index contributed by atoms with van der Waals surface area (Å²) >= 11 is 0. The molecule has 2 aliphatic rings. The minimum Gasteiger partial charge on any atom is -0.107 e. The van der Waals surface area contributed by atoms with E-state index in [1.54, 1.807) is 0 Å². The Bertz CT molecular complexity index is 4740. The number of fused-ring (bicyclic) bond motifs is 8.